The van der Waals surface area contributed by atoms with Crippen molar-refractivity contribution in [1.82, 2.24) is 0 Å². The summed E-state index contributed by atoms with van der Waals surface area (Å²) in [5.41, 5.74) is 2.69. The van der Waals surface area contributed by atoms with Crippen molar-refractivity contribution < 1.29 is 9.90 Å². The summed E-state index contributed by atoms with van der Waals surface area (Å²) in [6.07, 6.45) is 0.968. The van der Waals surface area contributed by atoms with Crippen LogP contribution in [-0.4, -0.2) is 29.1 Å². The molecule has 4 heteroatoms. The molecule has 1 amide bonds. The Bertz CT molecular complexity index is 525. The van der Waals surface area contributed by atoms with E-state index in [1.807, 2.05) is 36.9 Å². The van der Waals surface area contributed by atoms with Gasteiger partial charge < -0.3 is 10.4 Å². The van der Waals surface area contributed by atoms with Crippen molar-refractivity contribution in [3.63, 3.8) is 0 Å². The summed E-state index contributed by atoms with van der Waals surface area (Å²) in [4.78, 5) is 12.0. The number of hydrogen-bond acceptors (Lipinski definition) is 3. The molecule has 0 bridgehead atoms. The van der Waals surface area contributed by atoms with Gasteiger partial charge >= 0.3 is 0 Å². The number of nitrogens with one attached hydrogen (secondary N) is 1. The molecule has 0 radical (unpaired) electrons. The zero-order chi connectivity index (χ0) is 13.7. The van der Waals surface area contributed by atoms with Crippen molar-refractivity contribution >= 4 is 23.4 Å². The van der Waals surface area contributed by atoms with E-state index in [1.165, 1.54) is 0 Å². The monoisotopic (exact) mass is 275 g/mol. The maximum atomic E-state index is 12.0. The first-order valence-electron chi connectivity index (χ1n) is 6.29. The molecule has 19 heavy (non-hydrogen) atoms. The van der Waals surface area contributed by atoms with Gasteiger partial charge in [0.05, 0.1) is 0 Å². The summed E-state index contributed by atoms with van der Waals surface area (Å²) in [6.45, 7) is 1.81. The first-order valence-corrected chi connectivity index (χ1v) is 7.45. The van der Waals surface area contributed by atoms with Crippen LogP contribution in [0.1, 0.15) is 17.5 Å². The Balaban J connectivity index is 2.05. The molecule has 0 aliphatic carbocycles. The number of aliphatic hydroxyl groups excluding tert-OH is 1. The molecule has 1 atom stereocenters. The van der Waals surface area contributed by atoms with Gasteiger partial charge in [0.2, 0.25) is 5.91 Å². The van der Waals surface area contributed by atoms with E-state index in [0.29, 0.717) is 0 Å². The second-order valence-electron chi connectivity index (χ2n) is 4.54. The van der Waals surface area contributed by atoms with Gasteiger partial charge in [0.15, 0.2) is 0 Å². The van der Waals surface area contributed by atoms with Gasteiger partial charge in [-0.15, -0.1) is 0 Å². The number of rotatable bonds is 2. The average molecular weight is 275 g/mol. The number of thioether (sulfide) groups is 1. The molecule has 1 aromatic carbocycles. The second kappa shape index (κ2) is 6.65. The van der Waals surface area contributed by atoms with Gasteiger partial charge in [-0.3, -0.25) is 4.79 Å². The third-order valence-corrected chi connectivity index (χ3v) is 4.26. The maximum Gasteiger partial charge on any atom is 0.228 e. The number of hydrogen-bond donors (Lipinski definition) is 2. The van der Waals surface area contributed by atoms with Crippen LogP contribution in [0.15, 0.2) is 18.2 Å². The fraction of sp³-hybridized carbons (Fsp3) is 0.400. The number of carbonyl (C=O) groups is 1. The summed E-state index contributed by atoms with van der Waals surface area (Å²) in [5.74, 6) is 7.75. The Morgan fingerprint density at radius 1 is 1.58 bits per heavy atom. The molecule has 3 nitrogen and oxygen atoms in total. The standard InChI is InChI=1S/C15H17NO2S/c1-11-9-14(5-4-12(11)3-2-7-17)16-15(18)13-6-8-19-10-13/h4-5,9,13,17H,6-8,10H2,1H3,(H,16,18). The molecule has 2 rings (SSSR count). The minimum Gasteiger partial charge on any atom is -0.384 e. The van der Waals surface area contributed by atoms with E-state index < -0.39 is 0 Å². The van der Waals surface area contributed by atoms with Gasteiger partial charge in [-0.2, -0.15) is 11.8 Å². The number of benzene rings is 1. The lowest BCUT2D eigenvalue weighted by molar-refractivity contribution is -0.119. The fourth-order valence-electron chi connectivity index (χ4n) is 2.00. The maximum absolute atomic E-state index is 12.0. The summed E-state index contributed by atoms with van der Waals surface area (Å²) < 4.78 is 0. The van der Waals surface area contributed by atoms with E-state index in [1.54, 1.807) is 0 Å². The predicted molar refractivity (Wildman–Crippen MR) is 79.2 cm³/mol. The molecule has 1 saturated heterocycles. The Morgan fingerprint density at radius 3 is 3.05 bits per heavy atom. The average Bonchev–Trinajstić information content (AvgIpc) is 2.92. The van der Waals surface area contributed by atoms with Crippen LogP contribution in [0.5, 0.6) is 0 Å². The number of carbonyl (C=O) groups excluding carboxylic acids is 1. The smallest absolute Gasteiger partial charge is 0.228 e. The molecule has 1 fully saturated rings. The van der Waals surface area contributed by atoms with Gasteiger partial charge in [-0.25, -0.2) is 0 Å². The third kappa shape index (κ3) is 3.76. The van der Waals surface area contributed by atoms with Crippen molar-refractivity contribution in [2.45, 2.75) is 13.3 Å². The topological polar surface area (TPSA) is 49.3 Å². The minimum atomic E-state index is -0.142. The highest BCUT2D eigenvalue weighted by Gasteiger charge is 2.23. The fourth-order valence-corrected chi connectivity index (χ4v) is 3.22. The van der Waals surface area contributed by atoms with E-state index in [9.17, 15) is 4.79 Å². The van der Waals surface area contributed by atoms with Gasteiger partial charge in [-0.05, 0) is 42.9 Å². The number of anilines is 1. The van der Waals surface area contributed by atoms with E-state index >= 15 is 0 Å². The number of aliphatic hydroxyl groups is 1. The van der Waals surface area contributed by atoms with Crippen molar-refractivity contribution in [2.75, 3.05) is 23.4 Å². The summed E-state index contributed by atoms with van der Waals surface area (Å²) in [6, 6.07) is 5.65. The van der Waals surface area contributed by atoms with Crippen molar-refractivity contribution in [3.8, 4) is 11.8 Å². The summed E-state index contributed by atoms with van der Waals surface area (Å²) in [5, 5.41) is 11.6. The van der Waals surface area contributed by atoms with Gasteiger partial charge in [0, 0.05) is 22.9 Å². The highest BCUT2D eigenvalue weighted by Crippen LogP contribution is 2.25. The van der Waals surface area contributed by atoms with Crippen molar-refractivity contribution in [2.24, 2.45) is 5.92 Å². The number of amides is 1. The quantitative estimate of drug-likeness (QED) is 0.812. The summed E-state index contributed by atoms with van der Waals surface area (Å²) in [7, 11) is 0. The molecule has 1 heterocycles. The summed E-state index contributed by atoms with van der Waals surface area (Å²) >= 11 is 1.83. The second-order valence-corrected chi connectivity index (χ2v) is 5.69. The first kappa shape index (κ1) is 14.0. The minimum absolute atomic E-state index is 0.110. The van der Waals surface area contributed by atoms with Crippen molar-refractivity contribution in [3.05, 3.63) is 29.3 Å². The van der Waals surface area contributed by atoms with Crippen LogP contribution >= 0.6 is 11.8 Å². The van der Waals surface area contributed by atoms with Gasteiger partial charge in [-0.1, -0.05) is 11.8 Å². The van der Waals surface area contributed by atoms with Crippen LogP contribution < -0.4 is 5.32 Å². The molecule has 1 aliphatic heterocycles. The van der Waals surface area contributed by atoms with Crippen LogP contribution in [0.3, 0.4) is 0 Å². The molecule has 1 aliphatic rings. The highest BCUT2D eigenvalue weighted by molar-refractivity contribution is 7.99. The van der Waals surface area contributed by atoms with Crippen LogP contribution in [0, 0.1) is 24.7 Å². The molecule has 2 N–H and O–H groups in total. The molecular weight excluding hydrogens is 258 g/mol. The van der Waals surface area contributed by atoms with Crippen LogP contribution in [0.2, 0.25) is 0 Å². The zero-order valence-electron chi connectivity index (χ0n) is 10.9. The predicted octanol–water partition coefficient (Wildman–Crippen LogP) is 2.03. The van der Waals surface area contributed by atoms with Crippen LogP contribution in [0.25, 0.3) is 0 Å². The largest absolute Gasteiger partial charge is 0.384 e. The van der Waals surface area contributed by atoms with E-state index in [-0.39, 0.29) is 18.4 Å². The molecule has 1 unspecified atom stereocenters. The molecule has 0 spiro atoms. The SMILES string of the molecule is Cc1cc(NC(=O)C2CCSC2)ccc1C#CCO. The van der Waals surface area contributed by atoms with Crippen LogP contribution in [0.4, 0.5) is 5.69 Å². The molecular formula is C15H17NO2S. The third-order valence-electron chi connectivity index (χ3n) is 3.10. The normalized spacial score (nSPS) is 17.7. The van der Waals surface area contributed by atoms with E-state index in [0.717, 1.165) is 34.7 Å². The Kier molecular flexibility index (Phi) is 4.89. The van der Waals surface area contributed by atoms with E-state index in [2.05, 4.69) is 17.2 Å². The lowest BCUT2D eigenvalue weighted by Crippen LogP contribution is -2.22. The highest BCUT2D eigenvalue weighted by atomic mass is 32.2. The lowest BCUT2D eigenvalue weighted by Gasteiger charge is -2.10. The first-order chi connectivity index (χ1) is 9.20. The van der Waals surface area contributed by atoms with E-state index in [4.69, 9.17) is 5.11 Å². The zero-order valence-corrected chi connectivity index (χ0v) is 11.7. The molecule has 0 saturated carbocycles. The molecule has 0 aromatic heterocycles. The lowest BCUT2D eigenvalue weighted by atomic mass is 10.1. The van der Waals surface area contributed by atoms with Crippen LogP contribution in [-0.2, 0) is 4.79 Å². The molecule has 1 aromatic rings. The molecule has 100 valence electrons. The van der Waals surface area contributed by atoms with Gasteiger partial charge in [0.1, 0.15) is 6.61 Å². The Morgan fingerprint density at radius 2 is 2.42 bits per heavy atom. The Labute approximate surface area is 117 Å². The van der Waals surface area contributed by atoms with Gasteiger partial charge in [0.25, 0.3) is 0 Å². The Hall–Kier alpha value is -1.44. The van der Waals surface area contributed by atoms with Crippen molar-refractivity contribution in [1.29, 1.82) is 0 Å². The number of aryl methyl sites for hydroxylation is 1.